The van der Waals surface area contributed by atoms with Gasteiger partial charge in [-0.05, 0) is 33.1 Å². The van der Waals surface area contributed by atoms with Crippen LogP contribution in [0, 0.1) is 5.92 Å². The molecule has 0 aromatic carbocycles. The van der Waals surface area contributed by atoms with Gasteiger partial charge in [0.1, 0.15) is 5.50 Å². The minimum Gasteiger partial charge on any atom is -0.369 e. The Bertz CT molecular complexity index is 388. The zero-order valence-electron chi connectivity index (χ0n) is 13.2. The van der Waals surface area contributed by atoms with Gasteiger partial charge in [-0.1, -0.05) is 18.5 Å². The number of alkyl halides is 1. The molecule has 0 radical (unpaired) electrons. The van der Waals surface area contributed by atoms with Gasteiger partial charge in [0.15, 0.2) is 0 Å². The third-order valence-corrected chi connectivity index (χ3v) is 4.55. The molecule has 1 fully saturated rings. The van der Waals surface area contributed by atoms with E-state index in [9.17, 15) is 0 Å². The van der Waals surface area contributed by atoms with Crippen molar-refractivity contribution < 1.29 is 4.74 Å². The molecule has 21 heavy (non-hydrogen) atoms. The van der Waals surface area contributed by atoms with Crippen LogP contribution in [0.15, 0.2) is 10.1 Å². The molecule has 0 aromatic rings. The molecule has 2 aliphatic heterocycles. The predicted octanol–water partition coefficient (Wildman–Crippen LogP) is 2.15. The van der Waals surface area contributed by atoms with E-state index in [0.29, 0.717) is 12.0 Å². The zero-order valence-corrected chi connectivity index (χ0v) is 13.9. The fourth-order valence-electron chi connectivity index (χ4n) is 2.74. The highest BCUT2D eigenvalue weighted by Gasteiger charge is 2.34. The van der Waals surface area contributed by atoms with E-state index >= 15 is 0 Å². The third kappa shape index (κ3) is 4.66. The van der Waals surface area contributed by atoms with E-state index in [4.69, 9.17) is 16.3 Å². The van der Waals surface area contributed by atoms with E-state index < -0.39 is 0 Å². The molecule has 2 rings (SSSR count). The summed E-state index contributed by atoms with van der Waals surface area (Å²) in [5.41, 5.74) is 4.04. The van der Waals surface area contributed by atoms with Gasteiger partial charge >= 0.3 is 0 Å². The number of hydrazone groups is 1. The van der Waals surface area contributed by atoms with Gasteiger partial charge in [-0.15, -0.1) is 0 Å². The van der Waals surface area contributed by atoms with Crippen LogP contribution >= 0.6 is 11.6 Å². The lowest BCUT2D eigenvalue weighted by atomic mass is 9.97. The van der Waals surface area contributed by atoms with Crippen LogP contribution in [-0.4, -0.2) is 48.8 Å². The molecule has 5 atom stereocenters. The third-order valence-electron chi connectivity index (χ3n) is 4.06. The summed E-state index contributed by atoms with van der Waals surface area (Å²) in [5, 5.41) is 7.92. The summed E-state index contributed by atoms with van der Waals surface area (Å²) >= 11 is 6.25. The molecule has 0 bridgehead atoms. The number of aliphatic imine (C=N–C) groups is 1. The van der Waals surface area contributed by atoms with E-state index in [1.54, 1.807) is 0 Å². The highest BCUT2D eigenvalue weighted by atomic mass is 35.5. The highest BCUT2D eigenvalue weighted by Crippen LogP contribution is 2.24. The topological polar surface area (TPSA) is 58.0 Å². The van der Waals surface area contributed by atoms with Crippen molar-refractivity contribution in [3.63, 3.8) is 0 Å². The molecule has 1 saturated heterocycles. The Morgan fingerprint density at radius 3 is 3.05 bits per heavy atom. The normalized spacial score (nSPS) is 32.2. The average Bonchev–Trinajstić information content (AvgIpc) is 3.10. The zero-order chi connectivity index (χ0) is 15.2. The van der Waals surface area contributed by atoms with Gasteiger partial charge in [0.05, 0.1) is 17.9 Å². The molecule has 2 N–H and O–H groups in total. The van der Waals surface area contributed by atoms with Crippen LogP contribution in [0.4, 0.5) is 0 Å². The van der Waals surface area contributed by atoms with E-state index in [1.807, 2.05) is 6.21 Å². The van der Waals surface area contributed by atoms with Crippen LogP contribution in [0.5, 0.6) is 0 Å². The van der Waals surface area contributed by atoms with Gasteiger partial charge in [0.25, 0.3) is 0 Å². The molecule has 2 aliphatic rings. The Morgan fingerprint density at radius 2 is 2.38 bits per heavy atom. The summed E-state index contributed by atoms with van der Waals surface area (Å²) in [6.07, 6.45) is 5.51. The van der Waals surface area contributed by atoms with Crippen molar-refractivity contribution in [1.29, 1.82) is 0 Å². The molecule has 6 heteroatoms. The fraction of sp³-hybridized carbons (Fsp3) is 0.867. The number of hydrogen-bond donors (Lipinski definition) is 2. The van der Waals surface area contributed by atoms with Gasteiger partial charge in [-0.25, -0.2) is 0 Å². The smallest absolute Gasteiger partial charge is 0.138 e. The molecule has 120 valence electrons. The number of nitrogens with one attached hydrogen (secondary N) is 2. The van der Waals surface area contributed by atoms with Crippen molar-refractivity contribution in [3.8, 4) is 0 Å². The van der Waals surface area contributed by atoms with Crippen molar-refractivity contribution in [1.82, 2.24) is 10.7 Å². The second-order valence-electron chi connectivity index (χ2n) is 5.92. The number of nitrogens with zero attached hydrogens (tertiary/aromatic N) is 2. The number of rotatable bonds is 7. The number of halogens is 1. The minimum absolute atomic E-state index is 0.139. The number of ether oxygens (including phenoxy) is 1. The second kappa shape index (κ2) is 8.11. The summed E-state index contributed by atoms with van der Waals surface area (Å²) in [6, 6.07) is 0.139. The maximum atomic E-state index is 6.25. The lowest BCUT2D eigenvalue weighted by molar-refractivity contribution is 0.0915. The van der Waals surface area contributed by atoms with E-state index in [-0.39, 0.29) is 17.6 Å². The first-order valence-electron chi connectivity index (χ1n) is 7.96. The van der Waals surface area contributed by atoms with Crippen LogP contribution in [0.1, 0.15) is 40.0 Å². The van der Waals surface area contributed by atoms with Crippen LogP contribution in [0.2, 0.25) is 0 Å². The van der Waals surface area contributed by atoms with Crippen molar-refractivity contribution in [2.24, 2.45) is 16.0 Å². The fourth-order valence-corrected chi connectivity index (χ4v) is 2.90. The minimum atomic E-state index is -0.220. The molecule has 0 amide bonds. The van der Waals surface area contributed by atoms with E-state index in [0.717, 1.165) is 38.1 Å². The van der Waals surface area contributed by atoms with Crippen molar-refractivity contribution >= 4 is 23.5 Å². The quantitative estimate of drug-likeness (QED) is 0.430. The maximum Gasteiger partial charge on any atom is 0.138 e. The molecular formula is C15H27ClN4O. The Balaban J connectivity index is 1.80. The Hall–Kier alpha value is -0.650. The van der Waals surface area contributed by atoms with Gasteiger partial charge in [0.2, 0.25) is 0 Å². The van der Waals surface area contributed by atoms with Crippen molar-refractivity contribution in [3.05, 3.63) is 0 Å². The number of hydrogen-bond acceptors (Lipinski definition) is 5. The van der Waals surface area contributed by atoms with E-state index in [1.165, 1.54) is 0 Å². The molecule has 5 nitrogen and oxygen atoms in total. The molecule has 0 saturated carbocycles. The van der Waals surface area contributed by atoms with Gasteiger partial charge < -0.3 is 15.5 Å². The first-order chi connectivity index (χ1) is 10.1. The molecular weight excluding hydrogens is 288 g/mol. The second-order valence-corrected chi connectivity index (χ2v) is 6.37. The SMILES string of the molecule is CC/C=N\C(Cl)C(C)NCC1CNN=C1C1CCC(C)O1. The van der Waals surface area contributed by atoms with Gasteiger partial charge in [0, 0.05) is 31.3 Å². The van der Waals surface area contributed by atoms with Crippen LogP contribution in [0.3, 0.4) is 0 Å². The standard InChI is InChI=1S/C15H27ClN4O/c1-4-7-17-15(16)11(3)18-8-12-9-19-20-14(12)13-6-5-10(2)21-13/h7,10-13,15,18-19H,4-6,8-9H2,1-3H3/b17-7-. The monoisotopic (exact) mass is 314 g/mol. The van der Waals surface area contributed by atoms with E-state index in [2.05, 4.69) is 41.6 Å². The van der Waals surface area contributed by atoms with Gasteiger partial charge in [-0.2, -0.15) is 5.10 Å². The predicted molar refractivity (Wildman–Crippen MR) is 88.4 cm³/mol. The molecule has 0 spiro atoms. The Morgan fingerprint density at radius 1 is 1.57 bits per heavy atom. The summed E-state index contributed by atoms with van der Waals surface area (Å²) < 4.78 is 5.93. The van der Waals surface area contributed by atoms with Gasteiger partial charge in [-0.3, -0.25) is 4.99 Å². The van der Waals surface area contributed by atoms with Crippen LogP contribution in [0.25, 0.3) is 0 Å². The Kier molecular flexibility index (Phi) is 6.45. The maximum absolute atomic E-state index is 6.25. The lowest BCUT2D eigenvalue weighted by Crippen LogP contribution is -2.41. The molecule has 5 unspecified atom stereocenters. The molecule has 0 aliphatic carbocycles. The van der Waals surface area contributed by atoms with Crippen LogP contribution in [-0.2, 0) is 4.74 Å². The summed E-state index contributed by atoms with van der Waals surface area (Å²) in [6.45, 7) is 7.97. The lowest BCUT2D eigenvalue weighted by Gasteiger charge is -2.21. The summed E-state index contributed by atoms with van der Waals surface area (Å²) in [7, 11) is 0. The highest BCUT2D eigenvalue weighted by molar-refractivity contribution is 6.21. The summed E-state index contributed by atoms with van der Waals surface area (Å²) in [4.78, 5) is 4.30. The molecule has 0 aromatic heterocycles. The van der Waals surface area contributed by atoms with Crippen molar-refractivity contribution in [2.45, 2.75) is 63.8 Å². The first-order valence-corrected chi connectivity index (χ1v) is 8.40. The largest absolute Gasteiger partial charge is 0.369 e. The molecule has 2 heterocycles. The Labute approximate surface area is 132 Å². The summed E-state index contributed by atoms with van der Waals surface area (Å²) in [5.74, 6) is 0.377. The van der Waals surface area contributed by atoms with Crippen LogP contribution < -0.4 is 10.7 Å². The van der Waals surface area contributed by atoms with Crippen molar-refractivity contribution in [2.75, 3.05) is 13.1 Å². The first kappa shape index (κ1) is 16.7. The average molecular weight is 315 g/mol.